The number of nitrogens with one attached hydrogen (secondary N) is 2. The Bertz CT molecular complexity index is 394. The molecular weight excluding hydrogens is 291 g/mol. The van der Waals surface area contributed by atoms with Crippen LogP contribution in [0.25, 0.3) is 0 Å². The van der Waals surface area contributed by atoms with Gasteiger partial charge in [0.15, 0.2) is 0 Å². The maximum absolute atomic E-state index is 11.6. The van der Waals surface area contributed by atoms with E-state index in [2.05, 4.69) is 26.6 Å². The molecule has 16 heavy (non-hydrogen) atoms. The molecule has 1 aromatic rings. The molecule has 0 aliphatic carbocycles. The predicted octanol–water partition coefficient (Wildman–Crippen LogP) is 2.48. The normalized spacial score (nSPS) is 18.2. The summed E-state index contributed by atoms with van der Waals surface area (Å²) in [4.78, 5) is 11.6. The number of carbonyl (C=O) groups excluding carboxylic acids is 1. The summed E-state index contributed by atoms with van der Waals surface area (Å²) in [5.74, 6) is 0.0583. The lowest BCUT2D eigenvalue weighted by atomic mass is 10.1. The van der Waals surface area contributed by atoms with Gasteiger partial charge in [-0.1, -0.05) is 15.9 Å². The highest BCUT2D eigenvalue weighted by molar-refractivity contribution is 9.10. The summed E-state index contributed by atoms with van der Waals surface area (Å²) in [6.45, 7) is 2.94. The number of aryl methyl sites for hydroxylation is 1. The minimum Gasteiger partial charge on any atom is -0.325 e. The SMILES string of the molecule is Cc1cc(NC(=O)[C@H]2CCN2)ccc1Br.Cl. The van der Waals surface area contributed by atoms with Crippen LogP contribution in [0.2, 0.25) is 0 Å². The average Bonchev–Trinajstić information content (AvgIpc) is 2.08. The van der Waals surface area contributed by atoms with Gasteiger partial charge < -0.3 is 10.6 Å². The van der Waals surface area contributed by atoms with E-state index in [9.17, 15) is 4.79 Å². The van der Waals surface area contributed by atoms with Gasteiger partial charge >= 0.3 is 0 Å². The highest BCUT2D eigenvalue weighted by Crippen LogP contribution is 2.20. The van der Waals surface area contributed by atoms with E-state index >= 15 is 0 Å². The van der Waals surface area contributed by atoms with Crippen molar-refractivity contribution in [3.63, 3.8) is 0 Å². The molecule has 1 aliphatic heterocycles. The first-order valence-corrected chi connectivity index (χ1v) is 5.76. The Labute approximate surface area is 110 Å². The molecular formula is C11H14BrClN2O. The van der Waals surface area contributed by atoms with Crippen molar-refractivity contribution in [2.24, 2.45) is 0 Å². The Morgan fingerprint density at radius 2 is 2.25 bits per heavy atom. The van der Waals surface area contributed by atoms with Crippen LogP contribution in [0.1, 0.15) is 12.0 Å². The number of hydrogen-bond donors (Lipinski definition) is 2. The highest BCUT2D eigenvalue weighted by atomic mass is 79.9. The zero-order chi connectivity index (χ0) is 10.8. The third-order valence-corrected chi connectivity index (χ3v) is 3.46. The van der Waals surface area contributed by atoms with Crippen LogP contribution in [0.4, 0.5) is 5.69 Å². The van der Waals surface area contributed by atoms with Gasteiger partial charge in [-0.2, -0.15) is 0 Å². The smallest absolute Gasteiger partial charge is 0.241 e. The van der Waals surface area contributed by atoms with Crippen molar-refractivity contribution in [2.45, 2.75) is 19.4 Å². The third-order valence-electron chi connectivity index (χ3n) is 2.57. The van der Waals surface area contributed by atoms with Crippen molar-refractivity contribution in [3.8, 4) is 0 Å². The zero-order valence-corrected chi connectivity index (χ0v) is 11.3. The quantitative estimate of drug-likeness (QED) is 0.881. The maximum atomic E-state index is 11.6. The predicted molar refractivity (Wildman–Crippen MR) is 71.2 cm³/mol. The van der Waals surface area contributed by atoms with Gasteiger partial charge in [0.1, 0.15) is 0 Å². The Morgan fingerprint density at radius 3 is 2.75 bits per heavy atom. The first-order chi connectivity index (χ1) is 7.16. The van der Waals surface area contributed by atoms with Crippen molar-refractivity contribution in [1.29, 1.82) is 0 Å². The number of benzene rings is 1. The van der Waals surface area contributed by atoms with E-state index in [-0.39, 0.29) is 24.4 Å². The zero-order valence-electron chi connectivity index (χ0n) is 8.92. The maximum Gasteiger partial charge on any atom is 0.241 e. The molecule has 0 radical (unpaired) electrons. The summed E-state index contributed by atoms with van der Waals surface area (Å²) in [7, 11) is 0. The van der Waals surface area contributed by atoms with E-state index in [1.807, 2.05) is 25.1 Å². The van der Waals surface area contributed by atoms with Gasteiger partial charge in [-0.25, -0.2) is 0 Å². The van der Waals surface area contributed by atoms with Crippen molar-refractivity contribution in [2.75, 3.05) is 11.9 Å². The van der Waals surface area contributed by atoms with Gasteiger partial charge in [0.05, 0.1) is 6.04 Å². The molecule has 0 bridgehead atoms. The topological polar surface area (TPSA) is 41.1 Å². The Balaban J connectivity index is 0.00000128. The lowest BCUT2D eigenvalue weighted by molar-refractivity contribution is -0.119. The van der Waals surface area contributed by atoms with E-state index < -0.39 is 0 Å². The van der Waals surface area contributed by atoms with E-state index in [4.69, 9.17) is 0 Å². The third kappa shape index (κ3) is 2.97. The molecule has 0 saturated carbocycles. The first kappa shape index (κ1) is 13.5. The average molecular weight is 306 g/mol. The van der Waals surface area contributed by atoms with Crippen molar-refractivity contribution < 1.29 is 4.79 Å². The number of halogens is 2. The molecule has 3 nitrogen and oxygen atoms in total. The Kier molecular flexibility index (Phi) is 4.77. The summed E-state index contributed by atoms with van der Waals surface area (Å²) in [5, 5.41) is 5.96. The van der Waals surface area contributed by atoms with Crippen LogP contribution < -0.4 is 10.6 Å². The minimum absolute atomic E-state index is 0. The van der Waals surface area contributed by atoms with E-state index in [0.29, 0.717) is 0 Å². The fraction of sp³-hybridized carbons (Fsp3) is 0.364. The summed E-state index contributed by atoms with van der Waals surface area (Å²) in [5.41, 5.74) is 1.98. The number of carbonyl (C=O) groups is 1. The molecule has 1 amide bonds. The first-order valence-electron chi connectivity index (χ1n) is 4.97. The number of rotatable bonds is 2. The van der Waals surface area contributed by atoms with Crippen LogP contribution in [0.3, 0.4) is 0 Å². The summed E-state index contributed by atoms with van der Waals surface area (Å²) < 4.78 is 1.06. The number of amides is 1. The standard InChI is InChI=1S/C11H13BrN2O.ClH/c1-7-6-8(2-3-9(7)12)14-11(15)10-4-5-13-10;/h2-3,6,10,13H,4-5H2,1H3,(H,14,15);1H/t10-;/m1./s1. The summed E-state index contributed by atoms with van der Waals surface area (Å²) in [6, 6.07) is 5.79. The van der Waals surface area contributed by atoms with E-state index in [0.717, 1.165) is 28.7 Å². The monoisotopic (exact) mass is 304 g/mol. The Hall–Kier alpha value is -0.580. The van der Waals surface area contributed by atoms with Crippen LogP contribution in [-0.2, 0) is 4.79 Å². The summed E-state index contributed by atoms with van der Waals surface area (Å²) in [6.07, 6.45) is 0.932. The van der Waals surface area contributed by atoms with E-state index in [1.54, 1.807) is 0 Å². The Morgan fingerprint density at radius 1 is 1.56 bits per heavy atom. The van der Waals surface area contributed by atoms with Crippen molar-refractivity contribution in [1.82, 2.24) is 5.32 Å². The van der Waals surface area contributed by atoms with Gasteiger partial charge in [0, 0.05) is 10.2 Å². The lowest BCUT2D eigenvalue weighted by Gasteiger charge is -2.26. The molecule has 1 heterocycles. The molecule has 1 atom stereocenters. The molecule has 5 heteroatoms. The molecule has 1 fully saturated rings. The van der Waals surface area contributed by atoms with Gasteiger partial charge in [-0.05, 0) is 43.7 Å². The van der Waals surface area contributed by atoms with Crippen LogP contribution in [0, 0.1) is 6.92 Å². The van der Waals surface area contributed by atoms with Crippen LogP contribution >= 0.6 is 28.3 Å². The van der Waals surface area contributed by atoms with Gasteiger partial charge in [-0.15, -0.1) is 12.4 Å². The molecule has 0 aromatic heterocycles. The lowest BCUT2D eigenvalue weighted by Crippen LogP contribution is -2.50. The van der Waals surface area contributed by atoms with Crippen molar-refractivity contribution >= 4 is 39.9 Å². The fourth-order valence-corrected chi connectivity index (χ4v) is 1.71. The molecule has 2 rings (SSSR count). The van der Waals surface area contributed by atoms with Crippen LogP contribution in [0.5, 0.6) is 0 Å². The van der Waals surface area contributed by atoms with Gasteiger partial charge in [0.25, 0.3) is 0 Å². The second kappa shape index (κ2) is 5.66. The van der Waals surface area contributed by atoms with Gasteiger partial charge in [0.2, 0.25) is 5.91 Å². The molecule has 88 valence electrons. The second-order valence-electron chi connectivity index (χ2n) is 3.75. The van der Waals surface area contributed by atoms with Crippen molar-refractivity contribution in [3.05, 3.63) is 28.2 Å². The summed E-state index contributed by atoms with van der Waals surface area (Å²) >= 11 is 3.42. The molecule has 0 unspecified atom stereocenters. The molecule has 1 aliphatic rings. The second-order valence-corrected chi connectivity index (χ2v) is 4.60. The molecule has 1 aromatic carbocycles. The largest absolute Gasteiger partial charge is 0.325 e. The minimum atomic E-state index is -0.00560. The van der Waals surface area contributed by atoms with Gasteiger partial charge in [-0.3, -0.25) is 4.79 Å². The number of hydrogen-bond acceptors (Lipinski definition) is 2. The number of anilines is 1. The van der Waals surface area contributed by atoms with Crippen LogP contribution in [0.15, 0.2) is 22.7 Å². The molecule has 0 spiro atoms. The fourth-order valence-electron chi connectivity index (χ4n) is 1.46. The molecule has 2 N–H and O–H groups in total. The van der Waals surface area contributed by atoms with Crippen LogP contribution in [-0.4, -0.2) is 18.5 Å². The highest BCUT2D eigenvalue weighted by Gasteiger charge is 2.24. The van der Waals surface area contributed by atoms with E-state index in [1.165, 1.54) is 0 Å². The molecule has 1 saturated heterocycles.